The van der Waals surface area contributed by atoms with Crippen LogP contribution in [0.3, 0.4) is 0 Å². The largest absolute Gasteiger partial charge is 0.360 e. The predicted molar refractivity (Wildman–Crippen MR) is 94.7 cm³/mol. The molecule has 0 atom stereocenters. The van der Waals surface area contributed by atoms with Crippen LogP contribution in [0.4, 0.5) is 0 Å². The zero-order valence-corrected chi connectivity index (χ0v) is 15.6. The van der Waals surface area contributed by atoms with Gasteiger partial charge in [-0.1, -0.05) is 11.2 Å². The fourth-order valence-corrected chi connectivity index (χ4v) is 5.10. The van der Waals surface area contributed by atoms with Gasteiger partial charge in [0.2, 0.25) is 15.9 Å². The monoisotopic (exact) mass is 381 g/mol. The Hall–Kier alpha value is -1.97. The SMILES string of the molecule is Cc1noc(C)c1S(=O)(=O)N1CCN(C(=O)/C=C/c2cccs2)CC1. The Labute approximate surface area is 150 Å². The third-order valence-electron chi connectivity index (χ3n) is 4.05. The van der Waals surface area contributed by atoms with Gasteiger partial charge in [-0.05, 0) is 31.4 Å². The average Bonchev–Trinajstić information content (AvgIpc) is 3.22. The molecule has 0 spiro atoms. The van der Waals surface area contributed by atoms with Crippen LogP contribution in [0.5, 0.6) is 0 Å². The lowest BCUT2D eigenvalue weighted by Crippen LogP contribution is -2.50. The summed E-state index contributed by atoms with van der Waals surface area (Å²) in [4.78, 5) is 15.0. The molecule has 0 N–H and O–H groups in total. The van der Waals surface area contributed by atoms with Gasteiger partial charge >= 0.3 is 0 Å². The summed E-state index contributed by atoms with van der Waals surface area (Å²) in [6, 6.07) is 3.86. The van der Waals surface area contributed by atoms with Crippen LogP contribution in [-0.2, 0) is 14.8 Å². The normalized spacial score (nSPS) is 16.6. The highest BCUT2D eigenvalue weighted by atomic mass is 32.2. The number of carbonyl (C=O) groups is 1. The number of hydrogen-bond acceptors (Lipinski definition) is 6. The fourth-order valence-electron chi connectivity index (χ4n) is 2.77. The molecule has 1 amide bonds. The molecule has 0 radical (unpaired) electrons. The van der Waals surface area contributed by atoms with Crippen LogP contribution in [0, 0.1) is 13.8 Å². The van der Waals surface area contributed by atoms with Crippen molar-refractivity contribution in [3.63, 3.8) is 0 Å². The van der Waals surface area contributed by atoms with E-state index in [1.807, 2.05) is 17.5 Å². The Morgan fingerprint density at radius 1 is 1.28 bits per heavy atom. The summed E-state index contributed by atoms with van der Waals surface area (Å²) in [6.07, 6.45) is 3.31. The third kappa shape index (κ3) is 3.68. The van der Waals surface area contributed by atoms with Crippen molar-refractivity contribution in [2.75, 3.05) is 26.2 Å². The molecule has 1 saturated heterocycles. The maximum Gasteiger partial charge on any atom is 0.248 e. The summed E-state index contributed by atoms with van der Waals surface area (Å²) in [5.41, 5.74) is 0.356. The summed E-state index contributed by atoms with van der Waals surface area (Å²) < 4.78 is 31.9. The molecular weight excluding hydrogens is 362 g/mol. The number of aryl methyl sites for hydroxylation is 2. The van der Waals surface area contributed by atoms with E-state index in [1.54, 1.807) is 36.2 Å². The van der Waals surface area contributed by atoms with E-state index in [0.717, 1.165) is 4.88 Å². The van der Waals surface area contributed by atoms with Crippen LogP contribution in [0.15, 0.2) is 33.0 Å². The summed E-state index contributed by atoms with van der Waals surface area (Å²) in [5.74, 6) is 0.178. The van der Waals surface area contributed by atoms with Gasteiger partial charge in [-0.2, -0.15) is 4.31 Å². The molecule has 1 fully saturated rings. The number of sulfonamides is 1. The van der Waals surface area contributed by atoms with Crippen LogP contribution in [-0.4, -0.2) is 54.9 Å². The smallest absolute Gasteiger partial charge is 0.248 e. The molecule has 0 saturated carbocycles. The first-order chi connectivity index (χ1) is 11.9. The summed E-state index contributed by atoms with van der Waals surface area (Å²) in [6.45, 7) is 4.42. The first-order valence-electron chi connectivity index (χ1n) is 7.83. The van der Waals surface area contributed by atoms with Gasteiger partial charge in [0.1, 0.15) is 10.6 Å². The standard InChI is InChI=1S/C16H19N3O4S2/c1-12-16(13(2)23-17-12)25(21,22)19-9-7-18(8-10-19)15(20)6-5-14-4-3-11-24-14/h3-6,11H,7-10H2,1-2H3/b6-5+. The van der Waals surface area contributed by atoms with Crippen molar-refractivity contribution in [2.24, 2.45) is 0 Å². The molecule has 0 aromatic carbocycles. The van der Waals surface area contributed by atoms with Crippen molar-refractivity contribution < 1.29 is 17.7 Å². The molecule has 0 bridgehead atoms. The van der Waals surface area contributed by atoms with E-state index in [9.17, 15) is 13.2 Å². The second kappa shape index (κ2) is 7.11. The van der Waals surface area contributed by atoms with Gasteiger partial charge in [0, 0.05) is 37.1 Å². The molecule has 7 nitrogen and oxygen atoms in total. The fraction of sp³-hybridized carbons (Fsp3) is 0.375. The average molecular weight is 381 g/mol. The number of carbonyl (C=O) groups excluding carboxylic acids is 1. The van der Waals surface area contributed by atoms with Gasteiger partial charge in [-0.15, -0.1) is 11.3 Å². The van der Waals surface area contributed by atoms with Crippen molar-refractivity contribution in [2.45, 2.75) is 18.7 Å². The molecule has 9 heteroatoms. The molecule has 2 aromatic rings. The van der Waals surface area contributed by atoms with Gasteiger partial charge in [-0.25, -0.2) is 8.42 Å². The van der Waals surface area contributed by atoms with E-state index in [-0.39, 0.29) is 29.7 Å². The predicted octanol–water partition coefficient (Wildman–Crippen LogP) is 1.90. The van der Waals surface area contributed by atoms with E-state index in [1.165, 1.54) is 10.4 Å². The number of nitrogens with zero attached hydrogens (tertiary/aromatic N) is 3. The molecule has 3 rings (SSSR count). The Bertz CT molecular complexity index is 857. The van der Waals surface area contributed by atoms with E-state index in [2.05, 4.69) is 5.16 Å². The Balaban J connectivity index is 1.64. The van der Waals surface area contributed by atoms with Crippen molar-refractivity contribution in [3.05, 3.63) is 39.9 Å². The van der Waals surface area contributed by atoms with Crippen molar-refractivity contribution in [3.8, 4) is 0 Å². The molecule has 3 heterocycles. The zero-order valence-electron chi connectivity index (χ0n) is 14.0. The van der Waals surface area contributed by atoms with Crippen molar-refractivity contribution in [1.29, 1.82) is 0 Å². The van der Waals surface area contributed by atoms with Gasteiger partial charge < -0.3 is 9.42 Å². The Morgan fingerprint density at radius 3 is 2.56 bits per heavy atom. The molecule has 1 aliphatic rings. The van der Waals surface area contributed by atoms with Crippen LogP contribution in [0.2, 0.25) is 0 Å². The second-order valence-corrected chi connectivity index (χ2v) is 8.59. The highest BCUT2D eigenvalue weighted by molar-refractivity contribution is 7.89. The molecule has 0 aliphatic carbocycles. The molecular formula is C16H19N3O4S2. The lowest BCUT2D eigenvalue weighted by Gasteiger charge is -2.33. The number of rotatable bonds is 4. The molecule has 0 unspecified atom stereocenters. The van der Waals surface area contributed by atoms with Gasteiger partial charge in [-0.3, -0.25) is 4.79 Å². The first-order valence-corrected chi connectivity index (χ1v) is 10.1. The summed E-state index contributed by atoms with van der Waals surface area (Å²) >= 11 is 1.56. The maximum absolute atomic E-state index is 12.8. The summed E-state index contributed by atoms with van der Waals surface area (Å²) in [7, 11) is -3.65. The number of aromatic nitrogens is 1. The Morgan fingerprint density at radius 2 is 2.00 bits per heavy atom. The Kier molecular flexibility index (Phi) is 5.07. The van der Waals surface area contributed by atoms with E-state index < -0.39 is 10.0 Å². The van der Waals surface area contributed by atoms with Crippen molar-refractivity contribution in [1.82, 2.24) is 14.4 Å². The molecule has 2 aromatic heterocycles. The van der Waals surface area contributed by atoms with Gasteiger partial charge in [0.15, 0.2) is 5.76 Å². The number of amides is 1. The van der Waals surface area contributed by atoms with Crippen LogP contribution >= 0.6 is 11.3 Å². The minimum Gasteiger partial charge on any atom is -0.360 e. The maximum atomic E-state index is 12.8. The lowest BCUT2D eigenvalue weighted by molar-refractivity contribution is -0.127. The second-order valence-electron chi connectivity index (χ2n) is 5.73. The number of thiophene rings is 1. The van der Waals surface area contributed by atoms with E-state index in [0.29, 0.717) is 18.8 Å². The highest BCUT2D eigenvalue weighted by Gasteiger charge is 2.33. The van der Waals surface area contributed by atoms with Crippen molar-refractivity contribution >= 4 is 33.3 Å². The molecule has 1 aliphatic heterocycles. The van der Waals surface area contributed by atoms with Crippen LogP contribution in [0.25, 0.3) is 6.08 Å². The van der Waals surface area contributed by atoms with Crippen LogP contribution in [0.1, 0.15) is 16.3 Å². The van der Waals surface area contributed by atoms with E-state index in [4.69, 9.17) is 4.52 Å². The lowest BCUT2D eigenvalue weighted by atomic mass is 10.3. The minimum atomic E-state index is -3.65. The molecule has 134 valence electrons. The quantitative estimate of drug-likeness (QED) is 0.756. The van der Waals surface area contributed by atoms with E-state index >= 15 is 0 Å². The van der Waals surface area contributed by atoms with Crippen LogP contribution < -0.4 is 0 Å². The topological polar surface area (TPSA) is 83.7 Å². The highest BCUT2D eigenvalue weighted by Crippen LogP contribution is 2.24. The summed E-state index contributed by atoms with van der Waals surface area (Å²) in [5, 5.41) is 5.66. The molecule has 25 heavy (non-hydrogen) atoms. The third-order valence-corrected chi connectivity index (χ3v) is 7.03. The number of hydrogen-bond donors (Lipinski definition) is 0. The number of piperazine rings is 1. The first kappa shape index (κ1) is 17.8. The zero-order chi connectivity index (χ0) is 18.0. The van der Waals surface area contributed by atoms with Gasteiger partial charge in [0.05, 0.1) is 0 Å². The minimum absolute atomic E-state index is 0.109. The van der Waals surface area contributed by atoms with Gasteiger partial charge in [0.25, 0.3) is 0 Å².